The molecule has 5 nitrogen and oxygen atoms in total. The van der Waals surface area contributed by atoms with Crippen LogP contribution < -0.4 is 5.73 Å². The van der Waals surface area contributed by atoms with Crippen LogP contribution in [0.3, 0.4) is 0 Å². The Kier molecular flexibility index (Phi) is 4.76. The smallest absolute Gasteiger partial charge is 0.323 e. The fourth-order valence-electron chi connectivity index (χ4n) is 1.75. The van der Waals surface area contributed by atoms with Gasteiger partial charge in [0.05, 0.1) is 16.4 Å². The molecule has 1 atom stereocenters. The molecule has 1 rings (SSSR count). The van der Waals surface area contributed by atoms with E-state index in [1.165, 1.54) is 6.92 Å². The molecule has 1 heterocycles. The van der Waals surface area contributed by atoms with Crippen molar-refractivity contribution in [3.63, 3.8) is 0 Å². The number of halogens is 1. The number of aliphatic carboxylic acids is 1. The number of carboxylic acids is 1. The first-order valence-corrected chi connectivity index (χ1v) is 6.35. The monoisotopic (exact) mass is 273 g/mol. The number of nitrogens with two attached hydrogens (primary N) is 1. The Balaban J connectivity index is 2.43. The molecule has 0 aromatic carbocycles. The van der Waals surface area contributed by atoms with Gasteiger partial charge in [-0.15, -0.1) is 0 Å². The Morgan fingerprint density at radius 1 is 1.50 bits per heavy atom. The Bertz CT molecular complexity index is 441. The second kappa shape index (κ2) is 5.71. The predicted octanol–water partition coefficient (Wildman–Crippen LogP) is 2.13. The van der Waals surface area contributed by atoms with Crippen molar-refractivity contribution >= 4 is 17.6 Å². The van der Waals surface area contributed by atoms with Crippen LogP contribution in [-0.4, -0.2) is 26.4 Å². The molecule has 3 N–H and O–H groups in total. The molecule has 0 saturated heterocycles. The SMILES string of the molecule is Cc1nn(CCCCC(C)(N)C(=O)O)c(C)c1Cl. The van der Waals surface area contributed by atoms with Crippen LogP contribution in [0.15, 0.2) is 0 Å². The Morgan fingerprint density at radius 3 is 2.56 bits per heavy atom. The maximum atomic E-state index is 10.8. The molecular formula is C12H20ClN3O2. The van der Waals surface area contributed by atoms with Gasteiger partial charge in [0.15, 0.2) is 0 Å². The van der Waals surface area contributed by atoms with Crippen LogP contribution in [0.2, 0.25) is 5.02 Å². The van der Waals surface area contributed by atoms with Crippen molar-refractivity contribution in [2.75, 3.05) is 0 Å². The van der Waals surface area contributed by atoms with Crippen LogP contribution in [-0.2, 0) is 11.3 Å². The second-order valence-electron chi connectivity index (χ2n) is 4.89. The first-order chi connectivity index (χ1) is 8.25. The van der Waals surface area contributed by atoms with Crippen LogP contribution >= 0.6 is 11.6 Å². The molecule has 0 spiro atoms. The third kappa shape index (κ3) is 3.46. The van der Waals surface area contributed by atoms with Crippen LogP contribution in [0.1, 0.15) is 37.6 Å². The average Bonchev–Trinajstić information content (AvgIpc) is 2.52. The predicted molar refractivity (Wildman–Crippen MR) is 70.8 cm³/mol. The summed E-state index contributed by atoms with van der Waals surface area (Å²) in [7, 11) is 0. The molecule has 6 heteroatoms. The van der Waals surface area contributed by atoms with Crippen molar-refractivity contribution in [1.82, 2.24) is 9.78 Å². The van der Waals surface area contributed by atoms with Gasteiger partial charge in [0.25, 0.3) is 0 Å². The first kappa shape index (κ1) is 15.0. The molecule has 0 aliphatic carbocycles. The Hall–Kier alpha value is -1.07. The number of aromatic nitrogens is 2. The number of hydrogen-bond acceptors (Lipinski definition) is 3. The largest absolute Gasteiger partial charge is 0.480 e. The summed E-state index contributed by atoms with van der Waals surface area (Å²) in [6.45, 7) is 6.06. The summed E-state index contributed by atoms with van der Waals surface area (Å²) in [6, 6.07) is 0. The molecular weight excluding hydrogens is 254 g/mol. The van der Waals surface area contributed by atoms with Gasteiger partial charge in [-0.1, -0.05) is 11.6 Å². The van der Waals surface area contributed by atoms with E-state index in [9.17, 15) is 4.79 Å². The third-order valence-electron chi connectivity index (χ3n) is 3.10. The molecule has 0 saturated carbocycles. The Labute approximate surface area is 112 Å². The van der Waals surface area contributed by atoms with Crippen molar-refractivity contribution in [3.8, 4) is 0 Å². The summed E-state index contributed by atoms with van der Waals surface area (Å²) in [5, 5.41) is 13.9. The fourth-order valence-corrected chi connectivity index (χ4v) is 1.89. The molecule has 0 aliphatic heterocycles. The lowest BCUT2D eigenvalue weighted by molar-refractivity contribution is -0.142. The van der Waals surface area contributed by atoms with Gasteiger partial charge in [-0.3, -0.25) is 9.48 Å². The minimum atomic E-state index is -1.15. The molecule has 0 fully saturated rings. The van der Waals surface area contributed by atoms with E-state index >= 15 is 0 Å². The lowest BCUT2D eigenvalue weighted by Gasteiger charge is -2.18. The van der Waals surface area contributed by atoms with Crippen molar-refractivity contribution in [2.24, 2.45) is 5.73 Å². The fraction of sp³-hybridized carbons (Fsp3) is 0.667. The average molecular weight is 274 g/mol. The third-order valence-corrected chi connectivity index (χ3v) is 3.64. The lowest BCUT2D eigenvalue weighted by Crippen LogP contribution is -2.44. The maximum Gasteiger partial charge on any atom is 0.323 e. The summed E-state index contributed by atoms with van der Waals surface area (Å²) >= 11 is 6.04. The molecule has 0 amide bonds. The molecule has 0 radical (unpaired) electrons. The number of aryl methyl sites for hydroxylation is 2. The van der Waals surface area contributed by atoms with Crippen molar-refractivity contribution < 1.29 is 9.90 Å². The highest BCUT2D eigenvalue weighted by atomic mass is 35.5. The topological polar surface area (TPSA) is 81.1 Å². The standard InChI is InChI=1S/C12H20ClN3O2/c1-8-10(13)9(2)16(15-8)7-5-4-6-12(3,14)11(17)18/h4-7,14H2,1-3H3,(H,17,18). The maximum absolute atomic E-state index is 10.8. The van der Waals surface area contributed by atoms with Gasteiger partial charge in [-0.2, -0.15) is 5.10 Å². The van der Waals surface area contributed by atoms with E-state index in [1.54, 1.807) is 0 Å². The molecule has 0 aliphatic rings. The van der Waals surface area contributed by atoms with E-state index in [0.29, 0.717) is 11.4 Å². The summed E-state index contributed by atoms with van der Waals surface area (Å²) in [5.74, 6) is -0.961. The van der Waals surface area contributed by atoms with E-state index in [-0.39, 0.29) is 0 Å². The van der Waals surface area contributed by atoms with E-state index in [1.807, 2.05) is 18.5 Å². The van der Waals surface area contributed by atoms with Gasteiger partial charge in [-0.25, -0.2) is 0 Å². The normalized spacial score (nSPS) is 14.5. The second-order valence-corrected chi connectivity index (χ2v) is 5.27. The molecule has 102 valence electrons. The summed E-state index contributed by atoms with van der Waals surface area (Å²) < 4.78 is 1.85. The zero-order valence-corrected chi connectivity index (χ0v) is 11.8. The van der Waals surface area contributed by atoms with E-state index in [4.69, 9.17) is 22.4 Å². The number of carbonyl (C=O) groups is 1. The summed E-state index contributed by atoms with van der Waals surface area (Å²) in [4.78, 5) is 10.8. The minimum Gasteiger partial charge on any atom is -0.480 e. The lowest BCUT2D eigenvalue weighted by atomic mass is 9.96. The molecule has 1 unspecified atom stereocenters. The minimum absolute atomic E-state index is 0.454. The zero-order chi connectivity index (χ0) is 13.9. The van der Waals surface area contributed by atoms with Gasteiger partial charge < -0.3 is 10.8 Å². The van der Waals surface area contributed by atoms with Gasteiger partial charge in [0.2, 0.25) is 0 Å². The molecule has 0 bridgehead atoms. The van der Waals surface area contributed by atoms with Crippen molar-refractivity contribution in [2.45, 2.75) is 52.1 Å². The quantitative estimate of drug-likeness (QED) is 0.778. The zero-order valence-electron chi connectivity index (χ0n) is 11.0. The van der Waals surface area contributed by atoms with Crippen molar-refractivity contribution in [3.05, 3.63) is 16.4 Å². The highest BCUT2D eigenvalue weighted by Gasteiger charge is 2.26. The number of unbranched alkanes of at least 4 members (excludes halogenated alkanes) is 1. The molecule has 18 heavy (non-hydrogen) atoms. The number of hydrogen-bond donors (Lipinski definition) is 2. The highest BCUT2D eigenvalue weighted by molar-refractivity contribution is 6.31. The van der Waals surface area contributed by atoms with Gasteiger partial charge in [-0.05, 0) is 40.0 Å². The van der Waals surface area contributed by atoms with Gasteiger partial charge >= 0.3 is 5.97 Å². The first-order valence-electron chi connectivity index (χ1n) is 5.97. The van der Waals surface area contributed by atoms with Gasteiger partial charge in [0, 0.05) is 6.54 Å². The van der Waals surface area contributed by atoms with Crippen molar-refractivity contribution in [1.29, 1.82) is 0 Å². The Morgan fingerprint density at radius 2 is 2.11 bits per heavy atom. The number of nitrogens with zero attached hydrogens (tertiary/aromatic N) is 2. The van der Waals surface area contributed by atoms with Crippen LogP contribution in [0, 0.1) is 13.8 Å². The van der Waals surface area contributed by atoms with E-state index in [0.717, 1.165) is 30.8 Å². The number of carboxylic acid groups (broad SMARTS) is 1. The number of rotatable bonds is 6. The molecule has 1 aromatic rings. The summed E-state index contributed by atoms with van der Waals surface area (Å²) in [5.41, 5.74) is 6.28. The van der Waals surface area contributed by atoms with Crippen LogP contribution in [0.25, 0.3) is 0 Å². The van der Waals surface area contributed by atoms with Crippen LogP contribution in [0.4, 0.5) is 0 Å². The molecule has 1 aromatic heterocycles. The summed E-state index contributed by atoms with van der Waals surface area (Å²) in [6.07, 6.45) is 2.03. The van der Waals surface area contributed by atoms with E-state index < -0.39 is 11.5 Å². The van der Waals surface area contributed by atoms with E-state index in [2.05, 4.69) is 5.10 Å². The van der Waals surface area contributed by atoms with Crippen LogP contribution in [0.5, 0.6) is 0 Å². The highest BCUT2D eigenvalue weighted by Crippen LogP contribution is 2.19. The van der Waals surface area contributed by atoms with Gasteiger partial charge in [0.1, 0.15) is 5.54 Å².